The lowest BCUT2D eigenvalue weighted by Gasteiger charge is -2.21. The van der Waals surface area contributed by atoms with Gasteiger partial charge in [0.25, 0.3) is 5.91 Å². The van der Waals surface area contributed by atoms with E-state index in [1.807, 2.05) is 30.3 Å². The molecule has 7 nitrogen and oxygen atoms in total. The summed E-state index contributed by atoms with van der Waals surface area (Å²) in [5.41, 5.74) is 8.07. The predicted octanol–water partition coefficient (Wildman–Crippen LogP) is 4.56. The van der Waals surface area contributed by atoms with Gasteiger partial charge in [0.1, 0.15) is 11.2 Å². The van der Waals surface area contributed by atoms with E-state index in [-0.39, 0.29) is 11.7 Å². The highest BCUT2D eigenvalue weighted by atomic mass is 32.1. The molecule has 0 aliphatic carbocycles. The van der Waals surface area contributed by atoms with Gasteiger partial charge < -0.3 is 19.8 Å². The van der Waals surface area contributed by atoms with Gasteiger partial charge in [-0.25, -0.2) is 9.97 Å². The van der Waals surface area contributed by atoms with Crippen LogP contribution in [0.25, 0.3) is 32.0 Å². The number of hydrogen-bond donors (Lipinski definition) is 2. The number of imidazole rings is 1. The lowest BCUT2D eigenvalue weighted by molar-refractivity contribution is 0.0994. The second kappa shape index (κ2) is 8.22. The molecule has 0 aliphatic rings. The topological polar surface area (TPSA) is 107 Å². The molecule has 5 rings (SSSR count). The lowest BCUT2D eigenvalue weighted by Crippen LogP contribution is -2.21. The number of amides is 1. The average molecular weight is 447 g/mol. The van der Waals surface area contributed by atoms with E-state index in [1.54, 1.807) is 29.0 Å². The van der Waals surface area contributed by atoms with Crippen molar-refractivity contribution >= 4 is 38.4 Å². The fraction of sp³-hybridized carbons (Fsp3) is 0.208. The van der Waals surface area contributed by atoms with Gasteiger partial charge in [0.15, 0.2) is 5.58 Å². The zero-order valence-corrected chi connectivity index (χ0v) is 18.2. The van der Waals surface area contributed by atoms with Gasteiger partial charge in [0.2, 0.25) is 5.89 Å². The normalized spacial score (nSPS) is 13.6. The molecule has 32 heavy (non-hydrogen) atoms. The minimum Gasteiger partial charge on any atom is -0.435 e. The van der Waals surface area contributed by atoms with Crippen LogP contribution in [0.15, 0.2) is 65.5 Å². The van der Waals surface area contributed by atoms with Crippen molar-refractivity contribution in [2.45, 2.75) is 31.9 Å². The number of oxazole rings is 1. The number of thiophene rings is 1. The minimum absolute atomic E-state index is 0.181. The molecule has 0 bridgehead atoms. The number of rotatable bonds is 7. The van der Waals surface area contributed by atoms with Crippen LogP contribution in [0.4, 0.5) is 0 Å². The molecule has 0 unspecified atom stereocenters. The Kier molecular flexibility index (Phi) is 5.24. The van der Waals surface area contributed by atoms with Gasteiger partial charge in [-0.05, 0) is 48.9 Å². The summed E-state index contributed by atoms with van der Waals surface area (Å²) in [7, 11) is 0. The van der Waals surface area contributed by atoms with Crippen LogP contribution in [0.5, 0.6) is 0 Å². The molecule has 0 saturated heterocycles. The monoisotopic (exact) mass is 446 g/mol. The van der Waals surface area contributed by atoms with Crippen LogP contribution in [-0.4, -0.2) is 31.7 Å². The lowest BCUT2D eigenvalue weighted by atomic mass is 10.0. The third-order valence-corrected chi connectivity index (χ3v) is 6.74. The van der Waals surface area contributed by atoms with Gasteiger partial charge >= 0.3 is 0 Å². The van der Waals surface area contributed by atoms with Gasteiger partial charge in [-0.2, -0.15) is 0 Å². The summed E-state index contributed by atoms with van der Waals surface area (Å²) in [6.45, 7) is 1.73. The fourth-order valence-electron chi connectivity index (χ4n) is 3.98. The van der Waals surface area contributed by atoms with E-state index in [0.717, 1.165) is 21.5 Å². The quantitative estimate of drug-likeness (QED) is 0.381. The second-order valence-electron chi connectivity index (χ2n) is 7.85. The molecule has 162 valence electrons. The van der Waals surface area contributed by atoms with Crippen molar-refractivity contribution < 1.29 is 14.3 Å². The summed E-state index contributed by atoms with van der Waals surface area (Å²) in [5, 5.41) is 11.5. The molecule has 3 heterocycles. The zero-order valence-electron chi connectivity index (χ0n) is 17.4. The van der Waals surface area contributed by atoms with E-state index in [4.69, 9.17) is 15.1 Å². The number of para-hydroxylation sites is 1. The van der Waals surface area contributed by atoms with Crippen molar-refractivity contribution in [3.63, 3.8) is 0 Å². The number of aliphatic hydroxyl groups is 1. The number of aliphatic hydroxyl groups excluding tert-OH is 1. The zero-order chi connectivity index (χ0) is 22.2. The van der Waals surface area contributed by atoms with Crippen LogP contribution in [0.1, 0.15) is 35.4 Å². The van der Waals surface area contributed by atoms with Crippen molar-refractivity contribution in [1.82, 2.24) is 14.5 Å². The first-order valence-electron chi connectivity index (χ1n) is 10.4. The van der Waals surface area contributed by atoms with Crippen molar-refractivity contribution in [2.75, 3.05) is 0 Å². The Bertz CT molecular complexity index is 1380. The van der Waals surface area contributed by atoms with Crippen LogP contribution >= 0.6 is 11.3 Å². The Labute approximate surface area is 188 Å². The Morgan fingerprint density at radius 3 is 2.84 bits per heavy atom. The highest BCUT2D eigenvalue weighted by Crippen LogP contribution is 2.35. The van der Waals surface area contributed by atoms with E-state index in [2.05, 4.69) is 23.2 Å². The van der Waals surface area contributed by atoms with Gasteiger partial charge in [-0.1, -0.05) is 30.3 Å². The maximum Gasteiger partial charge on any atom is 0.268 e. The number of primary amides is 1. The summed E-state index contributed by atoms with van der Waals surface area (Å²) in [5.74, 6) is 0.0229. The molecule has 3 N–H and O–H groups in total. The first-order valence-corrected chi connectivity index (χ1v) is 11.2. The van der Waals surface area contributed by atoms with Crippen LogP contribution in [0.3, 0.4) is 0 Å². The maximum absolute atomic E-state index is 11.4. The molecular weight excluding hydrogens is 424 g/mol. The van der Waals surface area contributed by atoms with Crippen LogP contribution in [-0.2, 0) is 6.42 Å². The molecule has 0 aliphatic heterocycles. The Morgan fingerprint density at radius 1 is 1.25 bits per heavy atom. The molecule has 2 aromatic carbocycles. The van der Waals surface area contributed by atoms with Gasteiger partial charge in [-0.15, -0.1) is 11.3 Å². The summed E-state index contributed by atoms with van der Waals surface area (Å²) >= 11 is 1.66. The highest BCUT2D eigenvalue weighted by molar-refractivity contribution is 7.22. The molecule has 0 radical (unpaired) electrons. The molecule has 1 amide bonds. The number of hydrogen-bond acceptors (Lipinski definition) is 6. The van der Waals surface area contributed by atoms with E-state index in [1.165, 1.54) is 16.4 Å². The molecule has 3 aromatic heterocycles. The molecule has 5 aromatic rings. The predicted molar refractivity (Wildman–Crippen MR) is 125 cm³/mol. The fourth-order valence-corrected chi connectivity index (χ4v) is 4.97. The van der Waals surface area contributed by atoms with Gasteiger partial charge in [0.05, 0.1) is 23.4 Å². The highest BCUT2D eigenvalue weighted by Gasteiger charge is 2.20. The molecule has 2 atom stereocenters. The number of carbonyl (C=O) groups excluding carboxylic acids is 1. The number of fused-ring (bicyclic) bond motifs is 2. The minimum atomic E-state index is -0.632. The number of carbonyl (C=O) groups is 1. The van der Waals surface area contributed by atoms with Gasteiger partial charge in [0, 0.05) is 10.9 Å². The SMILES string of the molecule is C[C@H](O)[C@@H](CCc1cccc2nc(-c3cc4ccccc4s3)oc12)n1cnc(C(N)=O)c1. The Hall–Kier alpha value is -3.49. The van der Waals surface area contributed by atoms with Crippen molar-refractivity contribution in [3.05, 3.63) is 72.3 Å². The summed E-state index contributed by atoms with van der Waals surface area (Å²) in [4.78, 5) is 21.1. The second-order valence-corrected chi connectivity index (χ2v) is 8.93. The van der Waals surface area contributed by atoms with Crippen molar-refractivity contribution in [3.8, 4) is 10.8 Å². The molecular formula is C24H22N4O3S. The third-order valence-electron chi connectivity index (χ3n) is 5.64. The number of nitrogens with zero attached hydrogens (tertiary/aromatic N) is 3. The first-order chi connectivity index (χ1) is 15.5. The Balaban J connectivity index is 1.43. The molecule has 0 fully saturated rings. The first kappa shape index (κ1) is 20.4. The van der Waals surface area contributed by atoms with E-state index in [0.29, 0.717) is 18.7 Å². The van der Waals surface area contributed by atoms with Crippen molar-refractivity contribution in [1.29, 1.82) is 0 Å². The van der Waals surface area contributed by atoms with Crippen molar-refractivity contribution in [2.24, 2.45) is 5.73 Å². The van der Waals surface area contributed by atoms with Crippen LogP contribution in [0, 0.1) is 0 Å². The standard InChI is InChI=1S/C24H22N4O3S/c1-14(29)19(28-12-18(23(25)30)26-13-28)10-9-15-6-4-7-17-22(15)31-24(27-17)21-11-16-5-2-3-8-20(16)32-21/h2-8,11-14,19,29H,9-10H2,1H3,(H2,25,30)/t14-,19+/m0/s1. The molecule has 8 heteroatoms. The molecule has 0 spiro atoms. The number of benzene rings is 2. The third kappa shape index (κ3) is 3.79. The largest absolute Gasteiger partial charge is 0.435 e. The summed E-state index contributed by atoms with van der Waals surface area (Å²) in [6.07, 6.45) is 3.77. The number of nitrogens with two attached hydrogens (primary N) is 1. The van der Waals surface area contributed by atoms with E-state index < -0.39 is 12.0 Å². The summed E-state index contributed by atoms with van der Waals surface area (Å²) in [6, 6.07) is 16.0. The molecule has 0 saturated carbocycles. The average Bonchev–Trinajstić information content (AvgIpc) is 3.51. The Morgan fingerprint density at radius 2 is 2.09 bits per heavy atom. The van der Waals surface area contributed by atoms with E-state index in [9.17, 15) is 9.90 Å². The van der Waals surface area contributed by atoms with E-state index >= 15 is 0 Å². The maximum atomic E-state index is 11.4. The number of aryl methyl sites for hydroxylation is 1. The smallest absolute Gasteiger partial charge is 0.268 e. The van der Waals surface area contributed by atoms with Crippen LogP contribution < -0.4 is 5.73 Å². The summed E-state index contributed by atoms with van der Waals surface area (Å²) < 4.78 is 9.14. The van der Waals surface area contributed by atoms with Crippen LogP contribution in [0.2, 0.25) is 0 Å². The van der Waals surface area contributed by atoms with Gasteiger partial charge in [-0.3, -0.25) is 4.79 Å². The number of aromatic nitrogens is 3.